The van der Waals surface area contributed by atoms with Crippen LogP contribution in [0.4, 0.5) is 0 Å². The van der Waals surface area contributed by atoms with E-state index < -0.39 is 0 Å². The Hall–Kier alpha value is -0.410. The van der Waals surface area contributed by atoms with Crippen LogP contribution < -0.4 is 0 Å². The summed E-state index contributed by atoms with van der Waals surface area (Å²) in [4.78, 5) is 14.5. The van der Waals surface area contributed by atoms with Gasteiger partial charge >= 0.3 is 0 Å². The van der Waals surface area contributed by atoms with Gasteiger partial charge in [0.25, 0.3) is 0 Å². The van der Waals surface area contributed by atoms with E-state index in [2.05, 4.69) is 18.7 Å². The molecule has 0 N–H and O–H groups in total. The number of rotatable bonds is 6. The van der Waals surface area contributed by atoms with Gasteiger partial charge < -0.3 is 4.74 Å². The number of hydrogen-bond donors (Lipinski definition) is 0. The van der Waals surface area contributed by atoms with Crippen molar-refractivity contribution in [2.24, 2.45) is 0 Å². The Morgan fingerprint density at radius 3 is 2.82 bits per heavy atom. The minimum atomic E-state index is 0.141. The van der Waals surface area contributed by atoms with Crippen molar-refractivity contribution < 1.29 is 9.53 Å². The second-order valence-corrected chi connectivity index (χ2v) is 5.07. The second-order valence-electron chi connectivity index (χ2n) is 5.07. The van der Waals surface area contributed by atoms with Crippen molar-refractivity contribution in [2.75, 3.05) is 20.3 Å². The summed E-state index contributed by atoms with van der Waals surface area (Å²) in [5.41, 5.74) is 0. The molecule has 1 aliphatic carbocycles. The Kier molecular flexibility index (Phi) is 6.75. The van der Waals surface area contributed by atoms with Gasteiger partial charge in [0.05, 0.1) is 12.6 Å². The maximum absolute atomic E-state index is 12.2. The fourth-order valence-electron chi connectivity index (χ4n) is 2.61. The lowest BCUT2D eigenvalue weighted by Gasteiger charge is -2.34. The summed E-state index contributed by atoms with van der Waals surface area (Å²) in [6.07, 6.45) is 6.37. The van der Waals surface area contributed by atoms with Gasteiger partial charge in [0, 0.05) is 26.1 Å². The molecular weight excluding hydrogens is 214 g/mol. The molecule has 2 unspecified atom stereocenters. The van der Waals surface area contributed by atoms with Crippen LogP contribution >= 0.6 is 0 Å². The van der Waals surface area contributed by atoms with E-state index in [-0.39, 0.29) is 6.04 Å². The molecule has 0 saturated heterocycles. The highest BCUT2D eigenvalue weighted by atomic mass is 16.5. The predicted octanol–water partition coefficient (Wildman–Crippen LogP) is 2.64. The third-order valence-corrected chi connectivity index (χ3v) is 3.88. The summed E-state index contributed by atoms with van der Waals surface area (Å²) in [6, 6.07) is 0.611. The molecule has 1 aliphatic rings. The summed E-state index contributed by atoms with van der Waals surface area (Å²) in [7, 11) is 1.73. The topological polar surface area (TPSA) is 29.5 Å². The molecule has 0 aromatic heterocycles. The average Bonchev–Trinajstić information content (AvgIpc) is 2.55. The Morgan fingerprint density at radius 2 is 2.18 bits per heavy atom. The number of ketones is 1. The lowest BCUT2D eigenvalue weighted by atomic mass is 10.0. The number of carbonyl (C=O) groups excluding carboxylic acids is 1. The van der Waals surface area contributed by atoms with Crippen molar-refractivity contribution in [2.45, 2.75) is 64.5 Å². The highest BCUT2D eigenvalue weighted by Crippen LogP contribution is 2.21. The maximum atomic E-state index is 12.2. The van der Waals surface area contributed by atoms with Gasteiger partial charge in [-0.25, -0.2) is 0 Å². The molecule has 0 heterocycles. The van der Waals surface area contributed by atoms with Gasteiger partial charge in [0.15, 0.2) is 0 Å². The van der Waals surface area contributed by atoms with Crippen molar-refractivity contribution in [1.82, 2.24) is 4.90 Å². The normalized spacial score (nSPS) is 23.8. The van der Waals surface area contributed by atoms with Crippen molar-refractivity contribution in [3.05, 3.63) is 0 Å². The average molecular weight is 241 g/mol. The highest BCUT2D eigenvalue weighted by Gasteiger charge is 2.29. The van der Waals surface area contributed by atoms with Crippen LogP contribution in [0.25, 0.3) is 0 Å². The number of Topliss-reactive ketones (excluding diaryl/α,β-unsaturated/α-hetero) is 1. The molecule has 1 fully saturated rings. The minimum Gasteiger partial charge on any atom is -0.383 e. The summed E-state index contributed by atoms with van der Waals surface area (Å²) in [5, 5.41) is 0. The van der Waals surface area contributed by atoms with Crippen LogP contribution in [0.3, 0.4) is 0 Å². The lowest BCUT2D eigenvalue weighted by molar-refractivity contribution is -0.125. The first-order valence-electron chi connectivity index (χ1n) is 6.98. The van der Waals surface area contributed by atoms with Crippen molar-refractivity contribution in [3.63, 3.8) is 0 Å². The Morgan fingerprint density at radius 1 is 1.41 bits per heavy atom. The molecule has 2 atom stereocenters. The van der Waals surface area contributed by atoms with Gasteiger partial charge in [-0.05, 0) is 26.2 Å². The Labute approximate surface area is 106 Å². The van der Waals surface area contributed by atoms with Crippen molar-refractivity contribution in [3.8, 4) is 0 Å². The molecule has 3 nitrogen and oxygen atoms in total. The van der Waals surface area contributed by atoms with Crippen molar-refractivity contribution in [1.29, 1.82) is 0 Å². The standard InChI is InChI=1S/C14H27NO2/c1-4-12(2)15(10-11-17-3)13-8-6-5-7-9-14(13)16/h12-13H,4-11H2,1-3H3. The SMILES string of the molecule is CCC(C)N(CCOC)C1CCCCCC1=O. The summed E-state index contributed by atoms with van der Waals surface area (Å²) >= 11 is 0. The first-order chi connectivity index (χ1) is 8.20. The van der Waals surface area contributed by atoms with E-state index in [1.165, 1.54) is 12.8 Å². The van der Waals surface area contributed by atoms with Crippen LogP contribution in [0.15, 0.2) is 0 Å². The fraction of sp³-hybridized carbons (Fsp3) is 0.929. The maximum Gasteiger partial charge on any atom is 0.149 e. The molecule has 0 radical (unpaired) electrons. The molecule has 0 amide bonds. The molecule has 3 heteroatoms. The van der Waals surface area contributed by atoms with E-state index in [1.54, 1.807) is 7.11 Å². The third kappa shape index (κ3) is 4.40. The number of nitrogens with zero attached hydrogens (tertiary/aromatic N) is 1. The number of ether oxygens (including phenoxy) is 1. The molecule has 0 spiro atoms. The molecule has 0 aromatic carbocycles. The molecule has 17 heavy (non-hydrogen) atoms. The zero-order chi connectivity index (χ0) is 12.7. The Balaban J connectivity index is 2.67. The van der Waals surface area contributed by atoms with E-state index in [4.69, 9.17) is 4.74 Å². The van der Waals surface area contributed by atoms with Crippen LogP contribution in [0.2, 0.25) is 0 Å². The van der Waals surface area contributed by atoms with E-state index in [9.17, 15) is 4.79 Å². The van der Waals surface area contributed by atoms with Crippen molar-refractivity contribution >= 4 is 5.78 Å². The van der Waals surface area contributed by atoms with Crippen LogP contribution in [-0.2, 0) is 9.53 Å². The molecule has 1 saturated carbocycles. The number of carbonyl (C=O) groups is 1. The van der Waals surface area contributed by atoms with Crippen LogP contribution in [-0.4, -0.2) is 43.0 Å². The zero-order valence-corrected chi connectivity index (χ0v) is 11.6. The molecule has 1 rings (SSSR count). The summed E-state index contributed by atoms with van der Waals surface area (Å²) < 4.78 is 5.17. The van der Waals surface area contributed by atoms with E-state index in [0.29, 0.717) is 18.4 Å². The second kappa shape index (κ2) is 7.83. The highest BCUT2D eigenvalue weighted by molar-refractivity contribution is 5.84. The quantitative estimate of drug-likeness (QED) is 0.670. The molecule has 100 valence electrons. The largest absolute Gasteiger partial charge is 0.383 e. The predicted molar refractivity (Wildman–Crippen MR) is 70.2 cm³/mol. The van der Waals surface area contributed by atoms with E-state index in [1.807, 2.05) is 0 Å². The van der Waals surface area contributed by atoms with Gasteiger partial charge in [-0.15, -0.1) is 0 Å². The minimum absolute atomic E-state index is 0.141. The summed E-state index contributed by atoms with van der Waals surface area (Å²) in [5.74, 6) is 0.443. The van der Waals surface area contributed by atoms with Gasteiger partial charge in [-0.3, -0.25) is 9.69 Å². The molecule has 0 aromatic rings. The summed E-state index contributed by atoms with van der Waals surface area (Å²) in [6.45, 7) is 6.00. The zero-order valence-electron chi connectivity index (χ0n) is 11.6. The first-order valence-corrected chi connectivity index (χ1v) is 6.98. The van der Waals surface area contributed by atoms with Gasteiger partial charge in [0.2, 0.25) is 0 Å². The molecule has 0 bridgehead atoms. The smallest absolute Gasteiger partial charge is 0.149 e. The monoisotopic (exact) mass is 241 g/mol. The van der Waals surface area contributed by atoms with Gasteiger partial charge in [0.1, 0.15) is 5.78 Å². The number of hydrogen-bond acceptors (Lipinski definition) is 3. The Bertz CT molecular complexity index is 230. The molecule has 0 aliphatic heterocycles. The lowest BCUT2D eigenvalue weighted by Crippen LogP contribution is -2.47. The fourth-order valence-corrected chi connectivity index (χ4v) is 2.61. The van der Waals surface area contributed by atoms with Crippen LogP contribution in [0, 0.1) is 0 Å². The van der Waals surface area contributed by atoms with Crippen LogP contribution in [0.5, 0.6) is 0 Å². The third-order valence-electron chi connectivity index (χ3n) is 3.88. The van der Waals surface area contributed by atoms with Gasteiger partial charge in [-0.2, -0.15) is 0 Å². The van der Waals surface area contributed by atoms with Crippen LogP contribution in [0.1, 0.15) is 52.4 Å². The van der Waals surface area contributed by atoms with E-state index in [0.717, 1.165) is 32.2 Å². The first kappa shape index (κ1) is 14.7. The number of methoxy groups -OCH3 is 1. The van der Waals surface area contributed by atoms with E-state index >= 15 is 0 Å². The molecular formula is C14H27NO2. The van der Waals surface area contributed by atoms with Gasteiger partial charge in [-0.1, -0.05) is 19.8 Å².